The van der Waals surface area contributed by atoms with Crippen LogP contribution in [-0.2, 0) is 9.59 Å². The van der Waals surface area contributed by atoms with E-state index in [1.807, 2.05) is 48.7 Å². The lowest BCUT2D eigenvalue weighted by atomic mass is 10.1. The highest BCUT2D eigenvalue weighted by molar-refractivity contribution is 5.63. The number of carboxylic acid groups (broad SMARTS) is 2. The minimum Gasteiger partial charge on any atom is -0.481 e. The monoisotopic (exact) mass is 476 g/mol. The molecule has 0 atom stereocenters. The molecule has 0 saturated carbocycles. The first kappa shape index (κ1) is 35.7. The van der Waals surface area contributed by atoms with Gasteiger partial charge in [-0.25, -0.2) is 0 Å². The molecule has 5 N–H and O–H groups in total. The fourth-order valence-electron chi connectivity index (χ4n) is 2.37. The van der Waals surface area contributed by atoms with E-state index in [0.29, 0.717) is 6.54 Å². The van der Waals surface area contributed by atoms with Crippen molar-refractivity contribution in [3.63, 3.8) is 0 Å². The van der Waals surface area contributed by atoms with E-state index in [1.165, 1.54) is 57.8 Å². The molecule has 6 heteroatoms. The molecule has 0 saturated heterocycles. The number of hydrogen-bond donors (Lipinski definition) is 4. The highest BCUT2D eigenvalue weighted by atomic mass is 16.4. The van der Waals surface area contributed by atoms with Crippen LogP contribution in [-0.4, -0.2) is 35.2 Å². The second-order valence-corrected chi connectivity index (χ2v) is 7.37. The van der Waals surface area contributed by atoms with Crippen LogP contribution in [0.2, 0.25) is 0 Å². The Labute approximate surface area is 207 Å². The molecular weight excluding hydrogens is 428 g/mol. The van der Waals surface area contributed by atoms with Gasteiger partial charge in [0.25, 0.3) is 11.9 Å². The van der Waals surface area contributed by atoms with Gasteiger partial charge in [-0.3, -0.25) is 9.59 Å². The number of allylic oxidation sites excluding steroid dienone is 11. The van der Waals surface area contributed by atoms with Crippen molar-refractivity contribution in [1.82, 2.24) is 5.32 Å². The fourth-order valence-corrected chi connectivity index (χ4v) is 2.37. The lowest BCUT2D eigenvalue weighted by Gasteiger charge is -1.99. The molecule has 0 bridgehead atoms. The third kappa shape index (κ3) is 56.9. The number of rotatable bonds is 17. The van der Waals surface area contributed by atoms with E-state index in [9.17, 15) is 0 Å². The van der Waals surface area contributed by atoms with Crippen LogP contribution in [0.5, 0.6) is 0 Å². The number of nitrogens with two attached hydrogens (primary N) is 1. The highest BCUT2D eigenvalue weighted by Crippen LogP contribution is 2.09. The molecule has 0 aromatic rings. The summed E-state index contributed by atoms with van der Waals surface area (Å²) in [6, 6.07) is 0. The first-order chi connectivity index (χ1) is 16.4. The molecule has 6 nitrogen and oxygen atoms in total. The van der Waals surface area contributed by atoms with E-state index >= 15 is 0 Å². The van der Waals surface area contributed by atoms with Gasteiger partial charge in [0.15, 0.2) is 0 Å². The standard InChI is InChI=1S/C24H40N2.2C2H4O2/c1-2-3-4-5-6-7-8-9-10-11-12-13-14-15-16-17-18-19-20-21-23-26-24-22-25;2*1-2(3)4/h11-21,23,26H,2-10,22,24-25H2,1H3;2*1H3,(H,3,4). The largest absolute Gasteiger partial charge is 0.481 e. The van der Waals surface area contributed by atoms with Gasteiger partial charge in [0.05, 0.1) is 0 Å². The van der Waals surface area contributed by atoms with Crippen molar-refractivity contribution in [3.05, 3.63) is 73.0 Å². The third-order valence-electron chi connectivity index (χ3n) is 3.86. The fraction of sp³-hybridized carbons (Fsp3) is 0.500. The zero-order valence-corrected chi connectivity index (χ0v) is 21.5. The Morgan fingerprint density at radius 1 is 0.676 bits per heavy atom. The molecule has 0 rings (SSSR count). The van der Waals surface area contributed by atoms with Gasteiger partial charge in [0, 0.05) is 26.9 Å². The third-order valence-corrected chi connectivity index (χ3v) is 3.86. The van der Waals surface area contributed by atoms with Gasteiger partial charge < -0.3 is 21.3 Å². The second-order valence-electron chi connectivity index (χ2n) is 7.37. The lowest BCUT2D eigenvalue weighted by Crippen LogP contribution is -2.16. The summed E-state index contributed by atoms with van der Waals surface area (Å²) in [4.78, 5) is 18.0. The smallest absolute Gasteiger partial charge is 0.300 e. The Kier molecular flexibility index (Phi) is 36.5. The molecule has 0 aromatic carbocycles. The van der Waals surface area contributed by atoms with E-state index in [1.54, 1.807) is 0 Å². The molecule has 34 heavy (non-hydrogen) atoms. The topological polar surface area (TPSA) is 113 Å². The summed E-state index contributed by atoms with van der Waals surface area (Å²) >= 11 is 0. The summed E-state index contributed by atoms with van der Waals surface area (Å²) in [5, 5.41) is 17.9. The normalized spacial score (nSPS) is 11.4. The molecule has 0 amide bonds. The average molecular weight is 477 g/mol. The Hall–Kier alpha value is -2.86. The molecule has 0 aliphatic carbocycles. The molecule has 0 aliphatic rings. The van der Waals surface area contributed by atoms with Crippen LogP contribution in [0.4, 0.5) is 0 Å². The Bertz CT molecular complexity index is 598. The van der Waals surface area contributed by atoms with Gasteiger partial charge in [-0.05, 0) is 25.1 Å². The van der Waals surface area contributed by atoms with Crippen molar-refractivity contribution in [3.8, 4) is 0 Å². The van der Waals surface area contributed by atoms with E-state index in [2.05, 4.69) is 36.5 Å². The Morgan fingerprint density at radius 2 is 1.06 bits per heavy atom. The second kappa shape index (κ2) is 34.7. The minimum absolute atomic E-state index is 0.653. The van der Waals surface area contributed by atoms with Crippen LogP contribution >= 0.6 is 0 Å². The van der Waals surface area contributed by atoms with E-state index in [-0.39, 0.29) is 0 Å². The summed E-state index contributed by atoms with van der Waals surface area (Å²) < 4.78 is 0. The van der Waals surface area contributed by atoms with Crippen molar-refractivity contribution >= 4 is 11.9 Å². The summed E-state index contributed by atoms with van der Waals surface area (Å²) in [5.41, 5.74) is 5.37. The maximum absolute atomic E-state index is 9.00. The maximum atomic E-state index is 9.00. The number of unbranched alkanes of at least 4 members (excludes halogenated alkanes) is 8. The van der Waals surface area contributed by atoms with Crippen molar-refractivity contribution in [2.75, 3.05) is 13.1 Å². The van der Waals surface area contributed by atoms with Gasteiger partial charge in [-0.15, -0.1) is 0 Å². The summed E-state index contributed by atoms with van der Waals surface area (Å²) in [6.07, 6.45) is 36.8. The van der Waals surface area contributed by atoms with Crippen LogP contribution in [0.3, 0.4) is 0 Å². The van der Waals surface area contributed by atoms with E-state index < -0.39 is 11.9 Å². The highest BCUT2D eigenvalue weighted by Gasteiger charge is 1.89. The molecule has 0 radical (unpaired) electrons. The first-order valence-electron chi connectivity index (χ1n) is 12.2. The van der Waals surface area contributed by atoms with Gasteiger partial charge >= 0.3 is 0 Å². The number of carboxylic acids is 2. The average Bonchev–Trinajstić information content (AvgIpc) is 2.76. The molecule has 0 spiro atoms. The molecular formula is C28H48N2O4. The van der Waals surface area contributed by atoms with Crippen LogP contribution in [0, 0.1) is 0 Å². The summed E-state index contributed by atoms with van der Waals surface area (Å²) in [6.45, 7) is 5.90. The van der Waals surface area contributed by atoms with Crippen molar-refractivity contribution in [1.29, 1.82) is 0 Å². The first-order valence-corrected chi connectivity index (χ1v) is 12.2. The molecule has 0 unspecified atom stereocenters. The predicted octanol–water partition coefficient (Wildman–Crippen LogP) is 6.54. The van der Waals surface area contributed by atoms with Gasteiger partial charge in [0.2, 0.25) is 0 Å². The SMILES string of the molecule is CC(=O)O.CC(=O)O.CCCCCCCCCCC=CC=CC=CC=CC=CC=CNCCN. The zero-order valence-electron chi connectivity index (χ0n) is 21.5. The summed E-state index contributed by atoms with van der Waals surface area (Å²) in [5.74, 6) is -1.67. The van der Waals surface area contributed by atoms with E-state index in [0.717, 1.165) is 20.4 Å². The maximum Gasteiger partial charge on any atom is 0.300 e. The molecule has 0 aliphatic heterocycles. The van der Waals surface area contributed by atoms with Gasteiger partial charge in [-0.1, -0.05) is 113 Å². The van der Waals surface area contributed by atoms with Gasteiger partial charge in [-0.2, -0.15) is 0 Å². The molecule has 0 fully saturated rings. The number of hydrogen-bond acceptors (Lipinski definition) is 4. The van der Waals surface area contributed by atoms with Gasteiger partial charge in [0.1, 0.15) is 0 Å². The lowest BCUT2D eigenvalue weighted by molar-refractivity contribution is -0.135. The Morgan fingerprint density at radius 3 is 1.50 bits per heavy atom. The van der Waals surface area contributed by atoms with E-state index in [4.69, 9.17) is 25.5 Å². The zero-order chi connectivity index (χ0) is 26.1. The summed E-state index contributed by atoms with van der Waals surface area (Å²) in [7, 11) is 0. The molecule has 194 valence electrons. The number of carbonyl (C=O) groups is 2. The van der Waals surface area contributed by atoms with Crippen molar-refractivity contribution in [2.45, 2.75) is 78.6 Å². The Balaban J connectivity index is -0.00000103. The van der Waals surface area contributed by atoms with Crippen LogP contribution in [0.1, 0.15) is 78.6 Å². The van der Waals surface area contributed by atoms with Crippen LogP contribution in [0.25, 0.3) is 0 Å². The minimum atomic E-state index is -0.833. The molecule has 0 aromatic heterocycles. The molecule has 0 heterocycles. The van der Waals surface area contributed by atoms with Crippen LogP contribution < -0.4 is 11.1 Å². The number of nitrogens with one attached hydrogen (secondary N) is 1. The predicted molar refractivity (Wildman–Crippen MR) is 146 cm³/mol. The van der Waals surface area contributed by atoms with Crippen molar-refractivity contribution < 1.29 is 19.8 Å². The van der Waals surface area contributed by atoms with Crippen molar-refractivity contribution in [2.24, 2.45) is 5.73 Å². The number of aliphatic carboxylic acids is 2. The van der Waals surface area contributed by atoms with Crippen LogP contribution in [0.15, 0.2) is 73.0 Å². The quantitative estimate of drug-likeness (QED) is 0.140.